The van der Waals surface area contributed by atoms with E-state index in [1.165, 1.54) is 10.7 Å². The standard InChI is InChI=1S/C20H17Cl2F2N3O2/c1-2-29-16(28)9-27-20-17(18(26-27)10-3-4-10)12(19(23)24)8-15(25-20)11-5-6-13(21)14(22)7-11/h5-8,10,19H,2-4,9H2,1H3. The van der Waals surface area contributed by atoms with Gasteiger partial charge in [0.1, 0.15) is 6.54 Å². The van der Waals surface area contributed by atoms with Gasteiger partial charge in [0.15, 0.2) is 5.65 Å². The van der Waals surface area contributed by atoms with E-state index in [1.54, 1.807) is 25.1 Å². The number of nitrogens with zero attached hydrogens (tertiary/aromatic N) is 3. The molecular formula is C20H17Cl2F2N3O2. The van der Waals surface area contributed by atoms with Gasteiger partial charge in [0.25, 0.3) is 6.43 Å². The van der Waals surface area contributed by atoms with Crippen LogP contribution >= 0.6 is 23.2 Å². The Kier molecular flexibility index (Phi) is 5.44. The molecule has 4 rings (SSSR count). The average Bonchev–Trinajstić information content (AvgIpc) is 3.46. The van der Waals surface area contributed by atoms with Crippen LogP contribution in [-0.4, -0.2) is 27.3 Å². The second kappa shape index (κ2) is 7.88. The molecule has 1 aliphatic rings. The molecule has 1 aromatic carbocycles. The molecule has 1 fully saturated rings. The summed E-state index contributed by atoms with van der Waals surface area (Å²) in [6, 6.07) is 6.17. The monoisotopic (exact) mass is 439 g/mol. The number of halogens is 4. The number of benzene rings is 1. The summed E-state index contributed by atoms with van der Waals surface area (Å²) in [6.45, 7) is 1.72. The van der Waals surface area contributed by atoms with E-state index in [2.05, 4.69) is 10.1 Å². The van der Waals surface area contributed by atoms with Crippen LogP contribution in [0.3, 0.4) is 0 Å². The summed E-state index contributed by atoms with van der Waals surface area (Å²) in [5, 5.41) is 5.42. The molecule has 0 saturated heterocycles. The molecule has 2 heterocycles. The zero-order valence-corrected chi connectivity index (χ0v) is 17.0. The van der Waals surface area contributed by atoms with Crippen LogP contribution in [0.1, 0.15) is 43.4 Å². The van der Waals surface area contributed by atoms with Crippen molar-refractivity contribution in [3.8, 4) is 11.3 Å². The van der Waals surface area contributed by atoms with Crippen molar-refractivity contribution >= 4 is 40.2 Å². The van der Waals surface area contributed by atoms with Gasteiger partial charge in [0, 0.05) is 17.0 Å². The van der Waals surface area contributed by atoms with Gasteiger partial charge in [-0.3, -0.25) is 4.79 Å². The summed E-state index contributed by atoms with van der Waals surface area (Å²) in [4.78, 5) is 16.6. The van der Waals surface area contributed by atoms with Crippen molar-refractivity contribution in [2.24, 2.45) is 0 Å². The smallest absolute Gasteiger partial charge is 0.327 e. The lowest BCUT2D eigenvalue weighted by molar-refractivity contribution is -0.143. The summed E-state index contributed by atoms with van der Waals surface area (Å²) >= 11 is 12.1. The lowest BCUT2D eigenvalue weighted by Crippen LogP contribution is -2.15. The van der Waals surface area contributed by atoms with Crippen molar-refractivity contribution in [2.75, 3.05) is 6.61 Å². The van der Waals surface area contributed by atoms with E-state index in [4.69, 9.17) is 27.9 Å². The normalized spacial score (nSPS) is 14.0. The van der Waals surface area contributed by atoms with E-state index in [9.17, 15) is 13.6 Å². The van der Waals surface area contributed by atoms with Gasteiger partial charge in [0.05, 0.1) is 33.4 Å². The highest BCUT2D eigenvalue weighted by molar-refractivity contribution is 6.42. The predicted octanol–water partition coefficient (Wildman–Crippen LogP) is 5.78. The van der Waals surface area contributed by atoms with E-state index >= 15 is 0 Å². The molecule has 1 aliphatic carbocycles. The molecular weight excluding hydrogens is 423 g/mol. The van der Waals surface area contributed by atoms with Gasteiger partial charge >= 0.3 is 5.97 Å². The van der Waals surface area contributed by atoms with E-state index in [1.807, 2.05) is 0 Å². The van der Waals surface area contributed by atoms with Crippen molar-refractivity contribution in [1.82, 2.24) is 14.8 Å². The van der Waals surface area contributed by atoms with E-state index in [0.717, 1.165) is 12.8 Å². The number of alkyl halides is 2. The average molecular weight is 440 g/mol. The van der Waals surface area contributed by atoms with Gasteiger partial charge < -0.3 is 4.74 Å². The lowest BCUT2D eigenvalue weighted by Gasteiger charge is -2.09. The molecule has 0 amide bonds. The molecule has 0 spiro atoms. The molecule has 152 valence electrons. The SMILES string of the molecule is CCOC(=O)Cn1nc(C2CC2)c2c(C(F)F)cc(-c3ccc(Cl)c(Cl)c3)nc21. The van der Waals surface area contributed by atoms with E-state index in [0.29, 0.717) is 32.4 Å². The molecule has 0 aliphatic heterocycles. The van der Waals surface area contributed by atoms with Crippen molar-refractivity contribution in [3.63, 3.8) is 0 Å². The molecule has 9 heteroatoms. The largest absolute Gasteiger partial charge is 0.465 e. The number of hydrogen-bond acceptors (Lipinski definition) is 4. The maximum atomic E-state index is 14.0. The molecule has 5 nitrogen and oxygen atoms in total. The predicted molar refractivity (Wildman–Crippen MR) is 107 cm³/mol. The first-order valence-corrected chi connectivity index (χ1v) is 9.95. The highest BCUT2D eigenvalue weighted by atomic mass is 35.5. The topological polar surface area (TPSA) is 57.0 Å². The molecule has 0 radical (unpaired) electrons. The summed E-state index contributed by atoms with van der Waals surface area (Å²) in [5.74, 6) is -0.393. The maximum absolute atomic E-state index is 14.0. The summed E-state index contributed by atoms with van der Waals surface area (Å²) in [6.07, 6.45) is -0.967. The van der Waals surface area contributed by atoms with Gasteiger partial charge in [-0.2, -0.15) is 5.10 Å². The third kappa shape index (κ3) is 3.94. The summed E-state index contributed by atoms with van der Waals surface area (Å²) in [5.41, 5.74) is 1.48. The minimum Gasteiger partial charge on any atom is -0.465 e. The van der Waals surface area contributed by atoms with E-state index in [-0.39, 0.29) is 30.3 Å². The Hall–Kier alpha value is -2.25. The van der Waals surface area contributed by atoms with Crippen LogP contribution < -0.4 is 0 Å². The quantitative estimate of drug-likeness (QED) is 0.456. The number of pyridine rings is 1. The minimum atomic E-state index is -2.72. The van der Waals surface area contributed by atoms with Crippen LogP contribution in [-0.2, 0) is 16.1 Å². The zero-order valence-electron chi connectivity index (χ0n) is 15.5. The van der Waals surface area contributed by atoms with Crippen molar-refractivity contribution in [3.05, 3.63) is 45.6 Å². The highest BCUT2D eigenvalue weighted by Gasteiger charge is 2.33. The number of rotatable bonds is 6. The molecule has 0 N–H and O–H groups in total. The number of esters is 1. The van der Waals surface area contributed by atoms with Gasteiger partial charge in [-0.05, 0) is 38.0 Å². The molecule has 29 heavy (non-hydrogen) atoms. The Morgan fingerprint density at radius 2 is 2.03 bits per heavy atom. The second-order valence-corrected chi connectivity index (χ2v) is 7.66. The third-order valence-corrected chi connectivity index (χ3v) is 5.50. The number of hydrogen-bond donors (Lipinski definition) is 0. The minimum absolute atomic E-state index is 0.107. The Morgan fingerprint density at radius 3 is 2.66 bits per heavy atom. The van der Waals surface area contributed by atoms with Gasteiger partial charge in [-0.1, -0.05) is 29.3 Å². The molecule has 0 bridgehead atoms. The Labute approximate surface area is 175 Å². The molecule has 0 unspecified atom stereocenters. The first-order chi connectivity index (χ1) is 13.9. The number of carbonyl (C=O) groups is 1. The van der Waals surface area contributed by atoms with Crippen LogP contribution in [0.2, 0.25) is 10.0 Å². The van der Waals surface area contributed by atoms with Crippen LogP contribution in [0, 0.1) is 0 Å². The summed E-state index contributed by atoms with van der Waals surface area (Å²) in [7, 11) is 0. The van der Waals surface area contributed by atoms with Crippen LogP contribution in [0.4, 0.5) is 8.78 Å². The van der Waals surface area contributed by atoms with Gasteiger partial charge in [-0.25, -0.2) is 18.4 Å². The lowest BCUT2D eigenvalue weighted by atomic mass is 10.0. The third-order valence-electron chi connectivity index (χ3n) is 4.76. The maximum Gasteiger partial charge on any atom is 0.327 e. The Balaban J connectivity index is 1.92. The van der Waals surface area contributed by atoms with Crippen LogP contribution in [0.5, 0.6) is 0 Å². The fraction of sp³-hybridized carbons (Fsp3) is 0.350. The molecule has 2 aromatic heterocycles. The highest BCUT2D eigenvalue weighted by Crippen LogP contribution is 2.45. The molecule has 1 saturated carbocycles. The number of aromatic nitrogens is 3. The summed E-state index contributed by atoms with van der Waals surface area (Å²) < 4.78 is 34.3. The van der Waals surface area contributed by atoms with Gasteiger partial charge in [0.2, 0.25) is 0 Å². The van der Waals surface area contributed by atoms with E-state index < -0.39 is 12.4 Å². The number of carbonyl (C=O) groups excluding carboxylic acids is 1. The van der Waals surface area contributed by atoms with Crippen molar-refractivity contribution in [2.45, 2.75) is 38.7 Å². The number of fused-ring (bicyclic) bond motifs is 1. The Bertz CT molecular complexity index is 1100. The first-order valence-electron chi connectivity index (χ1n) is 9.19. The Morgan fingerprint density at radius 1 is 1.28 bits per heavy atom. The van der Waals surface area contributed by atoms with Crippen LogP contribution in [0.25, 0.3) is 22.3 Å². The van der Waals surface area contributed by atoms with Crippen LogP contribution in [0.15, 0.2) is 24.3 Å². The molecule has 0 atom stereocenters. The zero-order chi connectivity index (χ0) is 20.7. The number of ether oxygens (including phenoxy) is 1. The fourth-order valence-electron chi connectivity index (χ4n) is 3.28. The van der Waals surface area contributed by atoms with Crippen molar-refractivity contribution in [1.29, 1.82) is 0 Å². The molecule has 3 aromatic rings. The fourth-order valence-corrected chi connectivity index (χ4v) is 3.58. The first kappa shape index (κ1) is 20.0. The van der Waals surface area contributed by atoms with Gasteiger partial charge in [-0.15, -0.1) is 0 Å². The van der Waals surface area contributed by atoms with Crippen molar-refractivity contribution < 1.29 is 18.3 Å². The second-order valence-electron chi connectivity index (χ2n) is 6.85.